The summed E-state index contributed by atoms with van der Waals surface area (Å²) in [4.78, 5) is 4.44. The summed E-state index contributed by atoms with van der Waals surface area (Å²) in [7, 11) is 4.04. The summed E-state index contributed by atoms with van der Waals surface area (Å²) in [5.74, 6) is 0. The molecule has 0 aromatic heterocycles. The summed E-state index contributed by atoms with van der Waals surface area (Å²) < 4.78 is 0. The fourth-order valence-electron chi connectivity index (χ4n) is 2.31. The second-order valence-corrected chi connectivity index (χ2v) is 5.13. The van der Waals surface area contributed by atoms with E-state index in [1.165, 1.54) is 0 Å². The highest BCUT2D eigenvalue weighted by molar-refractivity contribution is 4.89. The maximum atomic E-state index is 10.4. The van der Waals surface area contributed by atoms with Crippen LogP contribution in [-0.4, -0.2) is 60.3 Å². The number of hydrogen-bond donors (Lipinski definition) is 1. The Morgan fingerprint density at radius 3 is 2.57 bits per heavy atom. The molecule has 1 atom stereocenters. The number of aliphatic hydroxyl groups is 1. The van der Waals surface area contributed by atoms with E-state index < -0.39 is 5.60 Å². The average molecular weight is 200 g/mol. The molecule has 84 valence electrons. The zero-order valence-electron chi connectivity index (χ0n) is 9.95. The van der Waals surface area contributed by atoms with Gasteiger partial charge < -0.3 is 10.0 Å². The van der Waals surface area contributed by atoms with E-state index in [-0.39, 0.29) is 0 Å². The number of nitrogens with zero attached hydrogens (tertiary/aromatic N) is 2. The summed E-state index contributed by atoms with van der Waals surface area (Å²) in [6.45, 7) is 7.12. The van der Waals surface area contributed by atoms with Gasteiger partial charge in [0.1, 0.15) is 0 Å². The lowest BCUT2D eigenvalue weighted by Crippen LogP contribution is -2.54. The second kappa shape index (κ2) is 4.60. The Balaban J connectivity index is 2.53. The summed E-state index contributed by atoms with van der Waals surface area (Å²) in [6.07, 6.45) is 2.05. The Kier molecular flexibility index (Phi) is 3.93. The first-order chi connectivity index (χ1) is 6.43. The van der Waals surface area contributed by atoms with Crippen LogP contribution in [0.2, 0.25) is 0 Å². The quantitative estimate of drug-likeness (QED) is 0.729. The Bertz CT molecular complexity index is 182. The molecule has 0 bridgehead atoms. The number of β-amino-alcohol motifs (C(OH)–C–C–N with tert-alkyl or cyclic N) is 1. The van der Waals surface area contributed by atoms with Crippen molar-refractivity contribution in [2.24, 2.45) is 0 Å². The van der Waals surface area contributed by atoms with Gasteiger partial charge in [-0.2, -0.15) is 0 Å². The Morgan fingerprint density at radius 1 is 1.43 bits per heavy atom. The van der Waals surface area contributed by atoms with E-state index in [1.807, 2.05) is 14.1 Å². The number of hydrogen-bond acceptors (Lipinski definition) is 3. The van der Waals surface area contributed by atoms with E-state index >= 15 is 0 Å². The van der Waals surface area contributed by atoms with Crippen LogP contribution in [0.25, 0.3) is 0 Å². The minimum atomic E-state index is -0.494. The van der Waals surface area contributed by atoms with E-state index in [0.29, 0.717) is 6.04 Å². The summed E-state index contributed by atoms with van der Waals surface area (Å²) in [5, 5.41) is 10.4. The number of piperidine rings is 1. The molecule has 14 heavy (non-hydrogen) atoms. The van der Waals surface area contributed by atoms with E-state index in [1.54, 1.807) is 0 Å². The van der Waals surface area contributed by atoms with Crippen LogP contribution in [0.5, 0.6) is 0 Å². The first-order valence-electron chi connectivity index (χ1n) is 5.54. The highest BCUT2D eigenvalue weighted by Gasteiger charge is 2.34. The zero-order chi connectivity index (χ0) is 10.8. The van der Waals surface area contributed by atoms with Crippen LogP contribution in [0.15, 0.2) is 0 Å². The second-order valence-electron chi connectivity index (χ2n) is 5.13. The maximum Gasteiger partial charge on any atom is 0.0900 e. The van der Waals surface area contributed by atoms with Gasteiger partial charge >= 0.3 is 0 Å². The largest absolute Gasteiger partial charge is 0.387 e. The molecular weight excluding hydrogens is 176 g/mol. The van der Waals surface area contributed by atoms with Crippen molar-refractivity contribution in [3.8, 4) is 0 Å². The van der Waals surface area contributed by atoms with Crippen molar-refractivity contribution in [1.29, 1.82) is 0 Å². The Morgan fingerprint density at radius 2 is 2.07 bits per heavy atom. The standard InChI is InChI=1S/C11H24N2O/c1-10(2)13-7-5-6-11(14,9-13)8-12(3)4/h10,14H,5-9H2,1-4H3. The first-order valence-corrected chi connectivity index (χ1v) is 5.54. The normalized spacial score (nSPS) is 30.2. The van der Waals surface area contributed by atoms with Gasteiger partial charge in [0, 0.05) is 19.1 Å². The maximum absolute atomic E-state index is 10.4. The van der Waals surface area contributed by atoms with Crippen molar-refractivity contribution in [2.75, 3.05) is 33.7 Å². The molecule has 1 heterocycles. The molecule has 1 saturated heterocycles. The van der Waals surface area contributed by atoms with Gasteiger partial charge in [-0.3, -0.25) is 4.90 Å². The van der Waals surface area contributed by atoms with Gasteiger partial charge in [-0.05, 0) is 47.3 Å². The molecular formula is C11H24N2O. The average Bonchev–Trinajstić information content (AvgIpc) is 2.01. The van der Waals surface area contributed by atoms with Crippen molar-refractivity contribution < 1.29 is 5.11 Å². The van der Waals surface area contributed by atoms with Crippen LogP contribution in [0, 0.1) is 0 Å². The minimum Gasteiger partial charge on any atom is -0.387 e. The van der Waals surface area contributed by atoms with Crippen molar-refractivity contribution in [3.63, 3.8) is 0 Å². The van der Waals surface area contributed by atoms with Crippen molar-refractivity contribution in [2.45, 2.75) is 38.3 Å². The lowest BCUT2D eigenvalue weighted by molar-refractivity contribution is -0.0535. The molecule has 1 rings (SSSR count). The molecule has 0 amide bonds. The Hall–Kier alpha value is -0.120. The number of likely N-dealkylation sites (tertiary alicyclic amines) is 1. The molecule has 0 aliphatic carbocycles. The predicted molar refractivity (Wildman–Crippen MR) is 59.4 cm³/mol. The molecule has 3 heteroatoms. The van der Waals surface area contributed by atoms with Crippen LogP contribution in [0.3, 0.4) is 0 Å². The van der Waals surface area contributed by atoms with Gasteiger partial charge in [-0.25, -0.2) is 0 Å². The molecule has 0 radical (unpaired) electrons. The molecule has 0 aromatic rings. The predicted octanol–water partition coefficient (Wildman–Crippen LogP) is 0.783. The summed E-state index contributed by atoms with van der Waals surface area (Å²) in [5.41, 5.74) is -0.494. The number of likely N-dealkylation sites (N-methyl/N-ethyl adjacent to an activating group) is 1. The highest BCUT2D eigenvalue weighted by Crippen LogP contribution is 2.22. The van der Waals surface area contributed by atoms with E-state index in [0.717, 1.165) is 32.5 Å². The molecule has 1 aliphatic heterocycles. The van der Waals surface area contributed by atoms with Gasteiger partial charge in [-0.1, -0.05) is 0 Å². The van der Waals surface area contributed by atoms with Crippen LogP contribution in [0.4, 0.5) is 0 Å². The molecule has 1 N–H and O–H groups in total. The highest BCUT2D eigenvalue weighted by atomic mass is 16.3. The minimum absolute atomic E-state index is 0.494. The van der Waals surface area contributed by atoms with Crippen LogP contribution in [-0.2, 0) is 0 Å². The third-order valence-corrected chi connectivity index (χ3v) is 2.93. The molecule has 1 aliphatic rings. The third-order valence-electron chi connectivity index (χ3n) is 2.93. The number of rotatable bonds is 3. The smallest absolute Gasteiger partial charge is 0.0900 e. The van der Waals surface area contributed by atoms with E-state index in [2.05, 4.69) is 23.6 Å². The summed E-state index contributed by atoms with van der Waals surface area (Å²) in [6, 6.07) is 0.545. The lowest BCUT2D eigenvalue weighted by atomic mass is 9.91. The molecule has 0 saturated carbocycles. The van der Waals surface area contributed by atoms with Gasteiger partial charge in [0.2, 0.25) is 0 Å². The van der Waals surface area contributed by atoms with Crippen LogP contribution in [0.1, 0.15) is 26.7 Å². The van der Waals surface area contributed by atoms with Gasteiger partial charge in [0.15, 0.2) is 0 Å². The molecule has 1 unspecified atom stereocenters. The monoisotopic (exact) mass is 200 g/mol. The fraction of sp³-hybridized carbons (Fsp3) is 1.00. The molecule has 0 aromatic carbocycles. The van der Waals surface area contributed by atoms with Gasteiger partial charge in [-0.15, -0.1) is 0 Å². The third kappa shape index (κ3) is 3.23. The fourth-order valence-corrected chi connectivity index (χ4v) is 2.31. The van der Waals surface area contributed by atoms with Crippen LogP contribution < -0.4 is 0 Å². The first kappa shape index (κ1) is 12.0. The van der Waals surface area contributed by atoms with Crippen molar-refractivity contribution in [1.82, 2.24) is 9.80 Å². The zero-order valence-corrected chi connectivity index (χ0v) is 9.95. The van der Waals surface area contributed by atoms with Crippen molar-refractivity contribution in [3.05, 3.63) is 0 Å². The summed E-state index contributed by atoms with van der Waals surface area (Å²) >= 11 is 0. The molecule has 0 spiro atoms. The van der Waals surface area contributed by atoms with Crippen LogP contribution >= 0.6 is 0 Å². The SMILES string of the molecule is CC(C)N1CCCC(O)(CN(C)C)C1. The van der Waals surface area contributed by atoms with E-state index in [4.69, 9.17) is 0 Å². The Labute approximate surface area is 87.7 Å². The van der Waals surface area contributed by atoms with Gasteiger partial charge in [0.25, 0.3) is 0 Å². The molecule has 1 fully saturated rings. The molecule has 3 nitrogen and oxygen atoms in total. The van der Waals surface area contributed by atoms with E-state index in [9.17, 15) is 5.11 Å². The van der Waals surface area contributed by atoms with Crippen molar-refractivity contribution >= 4 is 0 Å². The topological polar surface area (TPSA) is 26.7 Å². The lowest BCUT2D eigenvalue weighted by Gasteiger charge is -2.42. The van der Waals surface area contributed by atoms with Gasteiger partial charge in [0.05, 0.1) is 5.60 Å².